The predicted octanol–water partition coefficient (Wildman–Crippen LogP) is 1.11. The van der Waals surface area contributed by atoms with Gasteiger partial charge in [-0.3, -0.25) is 4.79 Å². The molecule has 1 amide bonds. The first-order valence-corrected chi connectivity index (χ1v) is 6.30. The number of nitrogens with one attached hydrogen (secondary N) is 3. The molecule has 21 heavy (non-hydrogen) atoms. The summed E-state index contributed by atoms with van der Waals surface area (Å²) in [5, 5.41) is 5.28. The third-order valence-electron chi connectivity index (χ3n) is 2.36. The molecule has 0 aliphatic rings. The molecule has 0 fully saturated rings. The van der Waals surface area contributed by atoms with E-state index in [0.29, 0.717) is 6.54 Å². The SMILES string of the molecule is CCCNC(=O)CCNc1cc(NN)nc(C(F)(F)F)n1. The number of nitrogens with two attached hydrogens (primary N) is 1. The largest absolute Gasteiger partial charge is 0.451 e. The van der Waals surface area contributed by atoms with Crippen LogP contribution in [-0.2, 0) is 11.0 Å². The van der Waals surface area contributed by atoms with Crippen molar-refractivity contribution in [2.24, 2.45) is 5.84 Å². The molecule has 0 bridgehead atoms. The lowest BCUT2D eigenvalue weighted by Crippen LogP contribution is -2.26. The van der Waals surface area contributed by atoms with Crippen LogP contribution in [0.4, 0.5) is 24.8 Å². The van der Waals surface area contributed by atoms with E-state index in [0.717, 1.165) is 6.42 Å². The van der Waals surface area contributed by atoms with Gasteiger partial charge in [0.25, 0.3) is 0 Å². The quantitative estimate of drug-likeness (QED) is 0.444. The fourth-order valence-corrected chi connectivity index (χ4v) is 1.40. The molecule has 0 aliphatic heterocycles. The van der Waals surface area contributed by atoms with Crippen molar-refractivity contribution in [1.29, 1.82) is 0 Å². The van der Waals surface area contributed by atoms with Gasteiger partial charge in [0.15, 0.2) is 0 Å². The molecule has 10 heteroatoms. The lowest BCUT2D eigenvalue weighted by molar-refractivity contribution is -0.144. The summed E-state index contributed by atoms with van der Waals surface area (Å²) < 4.78 is 37.8. The highest BCUT2D eigenvalue weighted by molar-refractivity contribution is 5.76. The van der Waals surface area contributed by atoms with E-state index in [4.69, 9.17) is 5.84 Å². The van der Waals surface area contributed by atoms with Gasteiger partial charge in [0.2, 0.25) is 11.7 Å². The Balaban J connectivity index is 2.64. The highest BCUT2D eigenvalue weighted by Gasteiger charge is 2.35. The average Bonchev–Trinajstić information content (AvgIpc) is 2.43. The minimum absolute atomic E-state index is 0.0615. The zero-order valence-corrected chi connectivity index (χ0v) is 11.4. The molecule has 5 N–H and O–H groups in total. The fourth-order valence-electron chi connectivity index (χ4n) is 1.40. The molecule has 0 spiro atoms. The molecule has 118 valence electrons. The Morgan fingerprint density at radius 1 is 1.29 bits per heavy atom. The third kappa shape index (κ3) is 5.81. The van der Waals surface area contributed by atoms with E-state index < -0.39 is 12.0 Å². The van der Waals surface area contributed by atoms with Gasteiger partial charge >= 0.3 is 6.18 Å². The molecular formula is C11H17F3N6O. The summed E-state index contributed by atoms with van der Waals surface area (Å²) >= 11 is 0. The highest BCUT2D eigenvalue weighted by Crippen LogP contribution is 2.28. The van der Waals surface area contributed by atoms with Crippen LogP contribution in [0, 0.1) is 0 Å². The standard InChI is InChI=1S/C11H17F3N6O/c1-2-4-17-9(21)3-5-16-7-6-8(20-15)19-10(18-7)11(12,13)14/h6H,2-5,15H2,1H3,(H,17,21)(H2,16,18,19,20). The second-order valence-corrected chi connectivity index (χ2v) is 4.13. The van der Waals surface area contributed by atoms with E-state index in [1.54, 1.807) is 0 Å². The topological polar surface area (TPSA) is 105 Å². The number of alkyl halides is 3. The lowest BCUT2D eigenvalue weighted by Gasteiger charge is -2.11. The van der Waals surface area contributed by atoms with Crippen LogP contribution in [0.1, 0.15) is 25.6 Å². The monoisotopic (exact) mass is 306 g/mol. The van der Waals surface area contributed by atoms with Crippen LogP contribution in [-0.4, -0.2) is 29.0 Å². The minimum atomic E-state index is -4.68. The maximum atomic E-state index is 12.6. The lowest BCUT2D eigenvalue weighted by atomic mass is 10.3. The number of carbonyl (C=O) groups excluding carboxylic acids is 1. The summed E-state index contributed by atoms with van der Waals surface area (Å²) in [6.45, 7) is 2.62. The van der Waals surface area contributed by atoms with Gasteiger partial charge in [0.05, 0.1) is 0 Å². The van der Waals surface area contributed by atoms with Crippen LogP contribution in [0.25, 0.3) is 0 Å². The van der Waals surface area contributed by atoms with Crippen molar-refractivity contribution in [3.05, 3.63) is 11.9 Å². The van der Waals surface area contributed by atoms with Gasteiger partial charge in [-0.25, -0.2) is 15.8 Å². The van der Waals surface area contributed by atoms with E-state index in [1.165, 1.54) is 6.07 Å². The van der Waals surface area contributed by atoms with Crippen molar-refractivity contribution >= 4 is 17.5 Å². The average molecular weight is 306 g/mol. The molecule has 0 aliphatic carbocycles. The van der Waals surface area contributed by atoms with Crippen LogP contribution in [0.15, 0.2) is 6.07 Å². The van der Waals surface area contributed by atoms with E-state index >= 15 is 0 Å². The van der Waals surface area contributed by atoms with Crippen molar-refractivity contribution in [2.75, 3.05) is 23.8 Å². The van der Waals surface area contributed by atoms with Crippen molar-refractivity contribution in [3.8, 4) is 0 Å². The first kappa shape index (κ1) is 17.0. The predicted molar refractivity (Wildman–Crippen MR) is 71.3 cm³/mol. The van der Waals surface area contributed by atoms with Gasteiger partial charge in [-0.1, -0.05) is 6.92 Å². The molecular weight excluding hydrogens is 289 g/mol. The Morgan fingerprint density at radius 2 is 1.95 bits per heavy atom. The van der Waals surface area contributed by atoms with Crippen LogP contribution >= 0.6 is 0 Å². The van der Waals surface area contributed by atoms with E-state index in [2.05, 4.69) is 20.6 Å². The molecule has 0 saturated carbocycles. The molecule has 0 saturated heterocycles. The zero-order valence-electron chi connectivity index (χ0n) is 11.4. The number of hydrazine groups is 1. The number of hydrogen-bond donors (Lipinski definition) is 4. The smallest absolute Gasteiger partial charge is 0.369 e. The Bertz CT molecular complexity index is 480. The maximum absolute atomic E-state index is 12.6. The van der Waals surface area contributed by atoms with Crippen molar-refractivity contribution in [2.45, 2.75) is 25.9 Å². The molecule has 0 unspecified atom stereocenters. The minimum Gasteiger partial charge on any atom is -0.369 e. The summed E-state index contributed by atoms with van der Waals surface area (Å²) in [5.74, 6) is 3.33. The molecule has 1 aromatic rings. The van der Waals surface area contributed by atoms with Crippen molar-refractivity contribution < 1.29 is 18.0 Å². The van der Waals surface area contributed by atoms with Crippen molar-refractivity contribution in [1.82, 2.24) is 15.3 Å². The summed E-state index contributed by atoms with van der Waals surface area (Å²) in [4.78, 5) is 17.9. The van der Waals surface area contributed by atoms with Gasteiger partial charge in [-0.2, -0.15) is 13.2 Å². The molecule has 1 aromatic heterocycles. The first-order valence-electron chi connectivity index (χ1n) is 6.30. The summed E-state index contributed by atoms with van der Waals surface area (Å²) in [6.07, 6.45) is -3.75. The third-order valence-corrected chi connectivity index (χ3v) is 2.36. The molecule has 1 rings (SSSR count). The maximum Gasteiger partial charge on any atom is 0.451 e. The van der Waals surface area contributed by atoms with Crippen LogP contribution in [0.3, 0.4) is 0 Å². The summed E-state index contributed by atoms with van der Waals surface area (Å²) in [7, 11) is 0. The first-order chi connectivity index (χ1) is 9.86. The second kappa shape index (κ2) is 7.62. The Morgan fingerprint density at radius 3 is 2.52 bits per heavy atom. The van der Waals surface area contributed by atoms with Crippen molar-refractivity contribution in [3.63, 3.8) is 0 Å². The van der Waals surface area contributed by atoms with E-state index in [1.807, 2.05) is 12.3 Å². The number of hydrogen-bond acceptors (Lipinski definition) is 6. The summed E-state index contributed by atoms with van der Waals surface area (Å²) in [6, 6.07) is 1.22. The number of nitrogens with zero attached hydrogens (tertiary/aromatic N) is 2. The fraction of sp³-hybridized carbons (Fsp3) is 0.545. The molecule has 0 aromatic carbocycles. The van der Waals surface area contributed by atoms with Gasteiger partial charge < -0.3 is 16.1 Å². The van der Waals surface area contributed by atoms with Gasteiger partial charge in [-0.05, 0) is 6.42 Å². The number of amides is 1. The van der Waals surface area contributed by atoms with Gasteiger partial charge in [0.1, 0.15) is 11.6 Å². The second-order valence-electron chi connectivity index (χ2n) is 4.13. The van der Waals surface area contributed by atoms with Gasteiger partial charge in [-0.15, -0.1) is 0 Å². The van der Waals surface area contributed by atoms with E-state index in [9.17, 15) is 18.0 Å². The number of halogens is 3. The Hall–Kier alpha value is -2.10. The highest BCUT2D eigenvalue weighted by atomic mass is 19.4. The van der Waals surface area contributed by atoms with Crippen LogP contribution < -0.4 is 21.9 Å². The zero-order chi connectivity index (χ0) is 15.9. The van der Waals surface area contributed by atoms with Crippen LogP contribution in [0.2, 0.25) is 0 Å². The molecule has 1 heterocycles. The molecule has 0 atom stereocenters. The number of nitrogen functional groups attached to an aromatic ring is 1. The summed E-state index contributed by atoms with van der Waals surface area (Å²) in [5.41, 5.74) is 2.04. The van der Waals surface area contributed by atoms with E-state index in [-0.39, 0.29) is 30.5 Å². The Labute approximate surface area is 119 Å². The van der Waals surface area contributed by atoms with Gasteiger partial charge in [0, 0.05) is 25.6 Å². The normalized spacial score (nSPS) is 11.1. The Kier molecular flexibility index (Phi) is 6.15. The molecule has 0 radical (unpaired) electrons. The number of rotatable bonds is 7. The number of carbonyl (C=O) groups is 1. The van der Waals surface area contributed by atoms with Crippen LogP contribution in [0.5, 0.6) is 0 Å². The number of anilines is 2. The molecule has 7 nitrogen and oxygen atoms in total. The number of aromatic nitrogens is 2.